The highest BCUT2D eigenvalue weighted by atomic mass is 16.7. The Morgan fingerprint density at radius 1 is 1.19 bits per heavy atom. The van der Waals surface area contributed by atoms with Crippen LogP contribution in [0.15, 0.2) is 30.3 Å². The number of rotatable bonds is 5. The van der Waals surface area contributed by atoms with E-state index in [1.807, 2.05) is 19.9 Å². The van der Waals surface area contributed by atoms with Gasteiger partial charge in [-0.1, -0.05) is 32.9 Å². The Bertz CT molecular complexity index is 1320. The largest absolute Gasteiger partial charge is 0.454 e. The first-order valence-corrected chi connectivity index (χ1v) is 12.8. The normalized spacial score (nSPS) is 27.2. The number of amides is 1. The number of benzene rings is 1. The number of fused-ring (bicyclic) bond motifs is 2. The summed E-state index contributed by atoms with van der Waals surface area (Å²) in [5, 5.41) is 3.27. The first-order chi connectivity index (χ1) is 17.7. The Hall–Kier alpha value is -2.77. The van der Waals surface area contributed by atoms with Gasteiger partial charge in [-0.25, -0.2) is 0 Å². The van der Waals surface area contributed by atoms with Gasteiger partial charge in [-0.15, -0.1) is 0 Å². The second-order valence-electron chi connectivity index (χ2n) is 11.9. The van der Waals surface area contributed by atoms with Crippen molar-refractivity contribution in [2.75, 3.05) is 13.4 Å². The average Bonchev–Trinajstić information content (AvgIpc) is 3.32. The molecule has 0 spiro atoms. The zero-order chi connectivity index (χ0) is 27.1. The van der Waals surface area contributed by atoms with Crippen molar-refractivity contribution in [3.63, 3.8) is 0 Å². The SMILES string of the molecule is [2H]C1([2H])Oc2ccc(C3(C(=O)NC4C=Cc5c(cc(C(C)(C)C)n5C[C@@H]5COC(C)(C)O5)C4)CC3)cc2O1. The van der Waals surface area contributed by atoms with Crippen molar-refractivity contribution in [1.29, 1.82) is 0 Å². The minimum absolute atomic E-state index is 0.00770. The number of nitrogens with one attached hydrogen (secondary N) is 1. The predicted octanol–water partition coefficient (Wildman–Crippen LogP) is 4.45. The van der Waals surface area contributed by atoms with Crippen molar-refractivity contribution in [3.8, 4) is 11.5 Å². The van der Waals surface area contributed by atoms with E-state index >= 15 is 0 Å². The summed E-state index contributed by atoms with van der Waals surface area (Å²) in [6.45, 7) is 9.66. The van der Waals surface area contributed by atoms with Crippen LogP contribution >= 0.6 is 0 Å². The Morgan fingerprint density at radius 3 is 2.67 bits per heavy atom. The maximum atomic E-state index is 13.5. The summed E-state index contributed by atoms with van der Waals surface area (Å²) in [6.07, 6.45) is 6.42. The molecule has 0 bridgehead atoms. The van der Waals surface area contributed by atoms with Crippen LogP contribution in [0.2, 0.25) is 0 Å². The fourth-order valence-corrected chi connectivity index (χ4v) is 5.63. The van der Waals surface area contributed by atoms with Crippen molar-refractivity contribution in [1.82, 2.24) is 9.88 Å². The molecule has 1 unspecified atom stereocenters. The molecule has 2 aliphatic heterocycles. The van der Waals surface area contributed by atoms with Gasteiger partial charge in [-0.2, -0.15) is 0 Å². The van der Waals surface area contributed by atoms with E-state index in [2.05, 4.69) is 48.9 Å². The minimum atomic E-state index is -2.18. The Morgan fingerprint density at radius 2 is 1.97 bits per heavy atom. The topological polar surface area (TPSA) is 71.0 Å². The van der Waals surface area contributed by atoms with Crippen LogP contribution in [-0.4, -0.2) is 41.8 Å². The van der Waals surface area contributed by atoms with Gasteiger partial charge >= 0.3 is 0 Å². The maximum absolute atomic E-state index is 13.5. The van der Waals surface area contributed by atoms with E-state index in [-0.39, 0.29) is 23.5 Å². The van der Waals surface area contributed by atoms with Gasteiger partial charge in [0.2, 0.25) is 12.7 Å². The maximum Gasteiger partial charge on any atom is 0.231 e. The third-order valence-electron chi connectivity index (χ3n) is 7.67. The number of aromatic nitrogens is 1. The van der Waals surface area contributed by atoms with E-state index in [4.69, 9.17) is 21.7 Å². The highest BCUT2D eigenvalue weighted by Gasteiger charge is 2.52. The summed E-state index contributed by atoms with van der Waals surface area (Å²) >= 11 is 0. The fraction of sp³-hybridized carbons (Fsp3) is 0.552. The van der Waals surface area contributed by atoms with Gasteiger partial charge in [-0.05, 0) is 68.5 Å². The lowest BCUT2D eigenvalue weighted by molar-refractivity contribution is -0.139. The predicted molar refractivity (Wildman–Crippen MR) is 136 cm³/mol. The molecule has 2 aromatic rings. The standard InChI is InChI=1S/C29H36N2O5/c1-27(2,3)25-13-18-12-20(7-8-22(18)31(25)15-21-16-35-28(4,5)36-21)30-26(32)29(10-11-29)19-6-9-23-24(14-19)34-17-33-23/h6-9,13-14,20-21H,10-12,15-17H2,1-5H3,(H,30,32)/t20?,21-/m1/s1/i17D2. The lowest BCUT2D eigenvalue weighted by Crippen LogP contribution is -2.42. The van der Waals surface area contributed by atoms with Crippen LogP contribution in [0.25, 0.3) is 6.08 Å². The zero-order valence-electron chi connectivity index (χ0n) is 23.6. The zero-order valence-corrected chi connectivity index (χ0v) is 21.6. The molecule has 1 aromatic heterocycles. The quantitative estimate of drug-likeness (QED) is 0.665. The van der Waals surface area contributed by atoms with Gasteiger partial charge in [-0.3, -0.25) is 4.79 Å². The molecule has 36 heavy (non-hydrogen) atoms. The van der Waals surface area contributed by atoms with Crippen molar-refractivity contribution >= 4 is 12.0 Å². The average molecular weight is 495 g/mol. The Labute approximate surface area is 215 Å². The van der Waals surface area contributed by atoms with E-state index in [0.717, 1.165) is 31.4 Å². The second kappa shape index (κ2) is 8.12. The third kappa shape index (κ3) is 4.12. The van der Waals surface area contributed by atoms with Crippen LogP contribution in [0.1, 0.15) is 72.7 Å². The highest BCUT2D eigenvalue weighted by Crippen LogP contribution is 2.50. The molecule has 7 nitrogen and oxygen atoms in total. The van der Waals surface area contributed by atoms with Crippen LogP contribution in [0.3, 0.4) is 0 Å². The van der Waals surface area contributed by atoms with E-state index in [1.54, 1.807) is 12.1 Å². The molecule has 1 saturated heterocycles. The van der Waals surface area contributed by atoms with Crippen molar-refractivity contribution in [3.05, 3.63) is 52.9 Å². The van der Waals surface area contributed by atoms with E-state index in [0.29, 0.717) is 18.1 Å². The van der Waals surface area contributed by atoms with E-state index in [9.17, 15) is 4.79 Å². The fourth-order valence-electron chi connectivity index (χ4n) is 5.63. The van der Waals surface area contributed by atoms with Gasteiger partial charge in [0.05, 0.1) is 24.6 Å². The molecule has 1 amide bonds. The number of ether oxygens (including phenoxy) is 4. The molecule has 2 aliphatic carbocycles. The Balaban J connectivity index is 1.19. The molecule has 4 aliphatic rings. The van der Waals surface area contributed by atoms with Gasteiger partial charge < -0.3 is 28.8 Å². The highest BCUT2D eigenvalue weighted by molar-refractivity contribution is 5.92. The summed E-state index contributed by atoms with van der Waals surface area (Å²) in [5.41, 5.74) is 3.80. The lowest BCUT2D eigenvalue weighted by atomic mass is 9.91. The first kappa shape index (κ1) is 21.3. The van der Waals surface area contributed by atoms with Crippen LogP contribution in [0.4, 0.5) is 0 Å². The number of carbonyl (C=O) groups excluding carboxylic acids is 1. The number of hydrogen-bond donors (Lipinski definition) is 1. The van der Waals surface area contributed by atoms with E-state index in [1.165, 1.54) is 17.0 Å². The van der Waals surface area contributed by atoms with Gasteiger partial charge in [0.15, 0.2) is 17.3 Å². The molecule has 2 atom stereocenters. The molecule has 192 valence electrons. The summed E-state index contributed by atoms with van der Waals surface area (Å²) < 4.78 is 40.1. The van der Waals surface area contributed by atoms with Crippen LogP contribution in [0.5, 0.6) is 11.5 Å². The van der Waals surface area contributed by atoms with Crippen molar-refractivity contribution in [2.24, 2.45) is 0 Å². The molecular weight excluding hydrogens is 456 g/mol. The number of nitrogens with zero attached hydrogens (tertiary/aromatic N) is 1. The van der Waals surface area contributed by atoms with Crippen LogP contribution < -0.4 is 14.8 Å². The molecule has 3 heterocycles. The molecule has 1 N–H and O–H groups in total. The van der Waals surface area contributed by atoms with Gasteiger partial charge in [0, 0.05) is 16.8 Å². The van der Waals surface area contributed by atoms with Crippen molar-refractivity contribution < 1.29 is 26.5 Å². The molecule has 0 radical (unpaired) electrons. The smallest absolute Gasteiger partial charge is 0.231 e. The van der Waals surface area contributed by atoms with Crippen LogP contribution in [-0.2, 0) is 38.1 Å². The lowest BCUT2D eigenvalue weighted by Gasteiger charge is -2.26. The summed E-state index contributed by atoms with van der Waals surface area (Å²) in [5.74, 6) is 0.124. The summed E-state index contributed by atoms with van der Waals surface area (Å²) in [4.78, 5) is 13.5. The van der Waals surface area contributed by atoms with Crippen molar-refractivity contribution in [2.45, 2.75) is 89.2 Å². The molecule has 2 fully saturated rings. The number of carbonyl (C=O) groups is 1. The minimum Gasteiger partial charge on any atom is -0.454 e. The molecular formula is C29H36N2O5. The second-order valence-corrected chi connectivity index (χ2v) is 11.9. The third-order valence-corrected chi connectivity index (χ3v) is 7.67. The molecule has 1 aromatic carbocycles. The summed E-state index contributed by atoms with van der Waals surface area (Å²) in [6, 6.07) is 7.44. The molecule has 6 rings (SSSR count). The van der Waals surface area contributed by atoms with Gasteiger partial charge in [0.25, 0.3) is 0 Å². The number of hydrogen-bond acceptors (Lipinski definition) is 5. The molecule has 7 heteroatoms. The van der Waals surface area contributed by atoms with E-state index < -0.39 is 17.9 Å². The Kier molecular flexibility index (Phi) is 4.81. The van der Waals surface area contributed by atoms with Gasteiger partial charge in [0.1, 0.15) is 8.85 Å². The van der Waals surface area contributed by atoms with Crippen LogP contribution in [0, 0.1) is 0 Å². The summed E-state index contributed by atoms with van der Waals surface area (Å²) in [7, 11) is 0. The molecule has 1 saturated carbocycles. The first-order valence-electron chi connectivity index (χ1n) is 13.8. The monoisotopic (exact) mass is 494 g/mol.